The number of carbonyl (C=O) groups is 1. The first-order chi connectivity index (χ1) is 10.7. The van der Waals surface area contributed by atoms with Gasteiger partial charge in [-0.2, -0.15) is 5.10 Å². The molecule has 2 heterocycles. The molecule has 0 aliphatic rings. The average molecular weight is 341 g/mol. The average Bonchev–Trinajstić information content (AvgIpc) is 2.97. The Labute approximate surface area is 139 Å². The van der Waals surface area contributed by atoms with Crippen molar-refractivity contribution in [2.75, 3.05) is 5.32 Å². The molecule has 0 radical (unpaired) electrons. The number of nitrogens with zero attached hydrogens (tertiary/aromatic N) is 2. The van der Waals surface area contributed by atoms with Gasteiger partial charge >= 0.3 is 6.09 Å². The fourth-order valence-corrected chi connectivity index (χ4v) is 2.10. The van der Waals surface area contributed by atoms with Crippen LogP contribution >= 0.6 is 11.6 Å². The SMILES string of the molecule is Cn1ncc(CNCc2ccc(Cl)o2)c1NC(=O)OC(C)(C)C. The monoisotopic (exact) mass is 340 g/mol. The molecule has 0 atom stereocenters. The van der Waals surface area contributed by atoms with Gasteiger partial charge in [0.15, 0.2) is 5.22 Å². The second kappa shape index (κ2) is 7.06. The number of hydrogen-bond acceptors (Lipinski definition) is 5. The number of hydrogen-bond donors (Lipinski definition) is 2. The predicted octanol–water partition coefficient (Wildman–Crippen LogP) is 3.30. The van der Waals surface area contributed by atoms with E-state index in [0.717, 1.165) is 11.3 Å². The molecule has 0 aliphatic heterocycles. The summed E-state index contributed by atoms with van der Waals surface area (Å²) in [6, 6.07) is 3.50. The van der Waals surface area contributed by atoms with E-state index in [4.69, 9.17) is 20.8 Å². The van der Waals surface area contributed by atoms with Crippen LogP contribution in [0.3, 0.4) is 0 Å². The van der Waals surface area contributed by atoms with Crippen LogP contribution in [-0.2, 0) is 24.9 Å². The molecule has 2 rings (SSSR count). The lowest BCUT2D eigenvalue weighted by molar-refractivity contribution is 0.0634. The molecule has 2 aromatic heterocycles. The highest BCUT2D eigenvalue weighted by Crippen LogP contribution is 2.17. The van der Waals surface area contributed by atoms with E-state index in [-0.39, 0.29) is 0 Å². The van der Waals surface area contributed by atoms with Crippen LogP contribution in [-0.4, -0.2) is 21.5 Å². The van der Waals surface area contributed by atoms with E-state index in [1.807, 2.05) is 20.8 Å². The summed E-state index contributed by atoms with van der Waals surface area (Å²) < 4.78 is 12.1. The van der Waals surface area contributed by atoms with E-state index < -0.39 is 11.7 Å². The first-order valence-corrected chi connectivity index (χ1v) is 7.58. The maximum atomic E-state index is 11.9. The summed E-state index contributed by atoms with van der Waals surface area (Å²) in [6.45, 7) is 6.47. The van der Waals surface area contributed by atoms with Gasteiger partial charge in [0.2, 0.25) is 0 Å². The smallest absolute Gasteiger partial charge is 0.413 e. The lowest BCUT2D eigenvalue weighted by atomic mass is 10.2. The third-order valence-corrected chi connectivity index (χ3v) is 3.08. The molecule has 0 saturated heterocycles. The van der Waals surface area contributed by atoms with Crippen molar-refractivity contribution in [3.63, 3.8) is 0 Å². The number of rotatable bonds is 5. The standard InChI is InChI=1S/C15H21ClN4O3/c1-15(2,3)23-14(21)19-13-10(8-18-20(13)4)7-17-9-11-5-6-12(16)22-11/h5-6,8,17H,7,9H2,1-4H3,(H,19,21). The Hall–Kier alpha value is -1.99. The Balaban J connectivity index is 1.94. The van der Waals surface area contributed by atoms with Crippen LogP contribution in [0.2, 0.25) is 5.22 Å². The highest BCUT2D eigenvalue weighted by molar-refractivity contribution is 6.28. The zero-order chi connectivity index (χ0) is 17.0. The lowest BCUT2D eigenvalue weighted by Gasteiger charge is -2.20. The summed E-state index contributed by atoms with van der Waals surface area (Å²) in [5.41, 5.74) is 0.288. The number of anilines is 1. The van der Waals surface area contributed by atoms with Crippen molar-refractivity contribution in [1.82, 2.24) is 15.1 Å². The number of aromatic nitrogens is 2. The highest BCUT2D eigenvalue weighted by Gasteiger charge is 2.19. The third kappa shape index (κ3) is 5.30. The van der Waals surface area contributed by atoms with Crippen molar-refractivity contribution in [3.05, 3.63) is 34.9 Å². The number of nitrogens with one attached hydrogen (secondary N) is 2. The molecule has 126 valence electrons. The number of furan rings is 1. The zero-order valence-corrected chi connectivity index (χ0v) is 14.4. The van der Waals surface area contributed by atoms with Gasteiger partial charge in [0, 0.05) is 19.2 Å². The fraction of sp³-hybridized carbons (Fsp3) is 0.467. The predicted molar refractivity (Wildman–Crippen MR) is 87.3 cm³/mol. The molecule has 0 unspecified atom stereocenters. The Morgan fingerprint density at radius 3 is 2.74 bits per heavy atom. The highest BCUT2D eigenvalue weighted by atomic mass is 35.5. The van der Waals surface area contributed by atoms with Crippen LogP contribution in [0.25, 0.3) is 0 Å². The summed E-state index contributed by atoms with van der Waals surface area (Å²) >= 11 is 5.73. The molecule has 0 saturated carbocycles. The molecule has 0 fully saturated rings. The van der Waals surface area contributed by atoms with Crippen molar-refractivity contribution in [1.29, 1.82) is 0 Å². The number of amides is 1. The zero-order valence-electron chi connectivity index (χ0n) is 13.6. The minimum atomic E-state index is -0.556. The molecule has 8 heteroatoms. The molecular formula is C15H21ClN4O3. The van der Waals surface area contributed by atoms with Crippen LogP contribution in [0.5, 0.6) is 0 Å². The van der Waals surface area contributed by atoms with Crippen LogP contribution in [0.4, 0.5) is 10.6 Å². The van der Waals surface area contributed by atoms with E-state index in [9.17, 15) is 4.79 Å². The van der Waals surface area contributed by atoms with Crippen molar-refractivity contribution in [2.45, 2.75) is 39.5 Å². The largest absolute Gasteiger partial charge is 0.448 e. The van der Waals surface area contributed by atoms with Crippen LogP contribution < -0.4 is 10.6 Å². The minimum absolute atomic E-state index is 0.357. The second-order valence-electron chi connectivity index (χ2n) is 6.08. The van der Waals surface area contributed by atoms with Gasteiger partial charge in [-0.25, -0.2) is 4.79 Å². The van der Waals surface area contributed by atoms with E-state index in [0.29, 0.717) is 24.1 Å². The Morgan fingerprint density at radius 2 is 2.13 bits per heavy atom. The Kier molecular flexibility index (Phi) is 5.33. The number of carbonyl (C=O) groups excluding carboxylic acids is 1. The molecule has 2 N–H and O–H groups in total. The van der Waals surface area contributed by atoms with Crippen molar-refractivity contribution < 1.29 is 13.9 Å². The number of ether oxygens (including phenoxy) is 1. The van der Waals surface area contributed by atoms with Gasteiger partial charge in [-0.15, -0.1) is 0 Å². The van der Waals surface area contributed by atoms with Gasteiger partial charge in [-0.3, -0.25) is 10.00 Å². The fourth-order valence-electron chi connectivity index (χ4n) is 1.94. The number of aryl methyl sites for hydroxylation is 1. The van der Waals surface area contributed by atoms with Crippen LogP contribution in [0, 0.1) is 0 Å². The van der Waals surface area contributed by atoms with E-state index in [1.165, 1.54) is 0 Å². The van der Waals surface area contributed by atoms with Gasteiger partial charge < -0.3 is 14.5 Å². The van der Waals surface area contributed by atoms with E-state index >= 15 is 0 Å². The van der Waals surface area contributed by atoms with Gasteiger partial charge in [0.1, 0.15) is 17.2 Å². The van der Waals surface area contributed by atoms with Crippen molar-refractivity contribution in [3.8, 4) is 0 Å². The third-order valence-electron chi connectivity index (χ3n) is 2.88. The summed E-state index contributed by atoms with van der Waals surface area (Å²) in [5, 5.41) is 10.4. The first kappa shape index (κ1) is 17.4. The van der Waals surface area contributed by atoms with Gasteiger partial charge in [0.05, 0.1) is 12.7 Å². The van der Waals surface area contributed by atoms with Crippen molar-refractivity contribution in [2.24, 2.45) is 7.05 Å². The molecule has 0 aromatic carbocycles. The summed E-state index contributed by atoms with van der Waals surface area (Å²) in [7, 11) is 1.75. The molecule has 23 heavy (non-hydrogen) atoms. The second-order valence-corrected chi connectivity index (χ2v) is 6.45. The van der Waals surface area contributed by atoms with Crippen molar-refractivity contribution >= 4 is 23.5 Å². The normalized spacial score (nSPS) is 11.5. The molecule has 7 nitrogen and oxygen atoms in total. The maximum Gasteiger partial charge on any atom is 0.413 e. The Bertz CT molecular complexity index is 673. The van der Waals surface area contributed by atoms with Crippen LogP contribution in [0.1, 0.15) is 32.1 Å². The van der Waals surface area contributed by atoms with Gasteiger partial charge in [0.25, 0.3) is 0 Å². The maximum absolute atomic E-state index is 11.9. The van der Waals surface area contributed by atoms with Gasteiger partial charge in [-0.05, 0) is 44.5 Å². The first-order valence-electron chi connectivity index (χ1n) is 7.20. The van der Waals surface area contributed by atoms with Crippen LogP contribution in [0.15, 0.2) is 22.7 Å². The minimum Gasteiger partial charge on any atom is -0.448 e. The summed E-state index contributed by atoms with van der Waals surface area (Å²) in [4.78, 5) is 11.9. The molecule has 0 aliphatic carbocycles. The molecule has 2 aromatic rings. The molecule has 0 bridgehead atoms. The Morgan fingerprint density at radius 1 is 1.39 bits per heavy atom. The quantitative estimate of drug-likeness (QED) is 0.872. The van der Waals surface area contributed by atoms with E-state index in [1.54, 1.807) is 30.1 Å². The van der Waals surface area contributed by atoms with Gasteiger partial charge in [-0.1, -0.05) is 0 Å². The summed E-state index contributed by atoms with van der Waals surface area (Å²) in [6.07, 6.45) is 1.18. The molecular weight excluding hydrogens is 320 g/mol. The summed E-state index contributed by atoms with van der Waals surface area (Å²) in [5.74, 6) is 1.32. The van der Waals surface area contributed by atoms with E-state index in [2.05, 4.69) is 15.7 Å². The molecule has 1 amide bonds. The number of halogens is 1. The topological polar surface area (TPSA) is 81.3 Å². The molecule has 0 spiro atoms. The lowest BCUT2D eigenvalue weighted by Crippen LogP contribution is -2.28.